The van der Waals surface area contributed by atoms with Gasteiger partial charge in [0, 0.05) is 0 Å². The van der Waals surface area contributed by atoms with E-state index in [2.05, 4.69) is 13.8 Å². The van der Waals surface area contributed by atoms with E-state index in [1.54, 1.807) is 0 Å². The molecule has 0 amide bonds. The lowest BCUT2D eigenvalue weighted by atomic mass is 9.79. The number of nitrogens with two attached hydrogens (primary N) is 1. The molecule has 0 aromatic rings. The SMILES string of the molecule is CC1CCC(CN)(CC2CCC(C)O2)C1. The zero-order valence-corrected chi connectivity index (χ0v) is 10.2. The average Bonchev–Trinajstić information content (AvgIpc) is 2.75. The minimum Gasteiger partial charge on any atom is -0.375 e. The Bertz CT molecular complexity index is 219. The third-order valence-electron chi connectivity index (χ3n) is 4.36. The summed E-state index contributed by atoms with van der Waals surface area (Å²) in [4.78, 5) is 0. The fraction of sp³-hybridized carbons (Fsp3) is 1.00. The van der Waals surface area contributed by atoms with E-state index in [-0.39, 0.29) is 0 Å². The van der Waals surface area contributed by atoms with Crippen molar-refractivity contribution in [2.75, 3.05) is 6.54 Å². The van der Waals surface area contributed by atoms with Crippen LogP contribution in [0.3, 0.4) is 0 Å². The summed E-state index contributed by atoms with van der Waals surface area (Å²) < 4.78 is 5.93. The zero-order chi connectivity index (χ0) is 10.9. The Labute approximate surface area is 93.6 Å². The van der Waals surface area contributed by atoms with Crippen LogP contribution in [0.2, 0.25) is 0 Å². The Balaban J connectivity index is 1.91. The van der Waals surface area contributed by atoms with Crippen LogP contribution in [0, 0.1) is 11.3 Å². The first-order valence-corrected chi connectivity index (χ1v) is 6.49. The lowest BCUT2D eigenvalue weighted by Crippen LogP contribution is -2.32. The first-order valence-electron chi connectivity index (χ1n) is 6.49. The van der Waals surface area contributed by atoms with Gasteiger partial charge in [-0.05, 0) is 56.9 Å². The molecule has 2 N–H and O–H groups in total. The molecule has 4 unspecified atom stereocenters. The van der Waals surface area contributed by atoms with Gasteiger partial charge in [0.2, 0.25) is 0 Å². The Morgan fingerprint density at radius 3 is 2.53 bits per heavy atom. The van der Waals surface area contributed by atoms with E-state index < -0.39 is 0 Å². The summed E-state index contributed by atoms with van der Waals surface area (Å²) >= 11 is 0. The Hall–Kier alpha value is -0.0800. The van der Waals surface area contributed by atoms with Crippen LogP contribution in [-0.4, -0.2) is 18.8 Å². The van der Waals surface area contributed by atoms with Gasteiger partial charge in [0.25, 0.3) is 0 Å². The van der Waals surface area contributed by atoms with E-state index >= 15 is 0 Å². The summed E-state index contributed by atoms with van der Waals surface area (Å²) in [6.45, 7) is 5.40. The third-order valence-corrected chi connectivity index (χ3v) is 4.36. The van der Waals surface area contributed by atoms with Crippen LogP contribution in [0.5, 0.6) is 0 Å². The van der Waals surface area contributed by atoms with E-state index in [1.165, 1.54) is 38.5 Å². The molecule has 15 heavy (non-hydrogen) atoms. The largest absolute Gasteiger partial charge is 0.375 e. The van der Waals surface area contributed by atoms with Gasteiger partial charge in [0.05, 0.1) is 12.2 Å². The van der Waals surface area contributed by atoms with Gasteiger partial charge in [-0.15, -0.1) is 0 Å². The summed E-state index contributed by atoms with van der Waals surface area (Å²) in [7, 11) is 0. The lowest BCUT2D eigenvalue weighted by molar-refractivity contribution is 0.0235. The molecule has 0 aromatic carbocycles. The highest BCUT2D eigenvalue weighted by Crippen LogP contribution is 2.45. The molecule has 2 fully saturated rings. The standard InChI is InChI=1S/C13H25NO/c1-10-5-6-13(7-10,9-14)8-12-4-3-11(2)15-12/h10-12H,3-9,14H2,1-2H3. The summed E-state index contributed by atoms with van der Waals surface area (Å²) in [5.41, 5.74) is 6.40. The van der Waals surface area contributed by atoms with Gasteiger partial charge in [-0.3, -0.25) is 0 Å². The maximum Gasteiger partial charge on any atom is 0.0585 e. The van der Waals surface area contributed by atoms with Gasteiger partial charge in [-0.1, -0.05) is 13.3 Å². The van der Waals surface area contributed by atoms with Gasteiger partial charge in [0.1, 0.15) is 0 Å². The molecule has 88 valence electrons. The summed E-state index contributed by atoms with van der Waals surface area (Å²) in [6.07, 6.45) is 8.66. The highest BCUT2D eigenvalue weighted by Gasteiger charge is 2.39. The fourth-order valence-corrected chi connectivity index (χ4v) is 3.47. The second-order valence-electron chi connectivity index (χ2n) is 5.90. The maximum absolute atomic E-state index is 5.99. The molecule has 1 aliphatic heterocycles. The summed E-state index contributed by atoms with van der Waals surface area (Å²) in [5.74, 6) is 0.868. The van der Waals surface area contributed by atoms with Crippen molar-refractivity contribution in [3.63, 3.8) is 0 Å². The molecule has 1 saturated carbocycles. The number of rotatable bonds is 3. The third kappa shape index (κ3) is 2.54. The van der Waals surface area contributed by atoms with Gasteiger partial charge in [-0.2, -0.15) is 0 Å². The molecule has 2 rings (SSSR count). The van der Waals surface area contributed by atoms with Crippen LogP contribution in [0.1, 0.15) is 52.4 Å². The predicted octanol–water partition coefficient (Wildman–Crippen LogP) is 2.71. The molecule has 1 aliphatic carbocycles. The second kappa shape index (κ2) is 4.42. The normalized spacial score (nSPS) is 46.2. The predicted molar refractivity (Wildman–Crippen MR) is 62.7 cm³/mol. The van der Waals surface area contributed by atoms with E-state index in [1.807, 2.05) is 0 Å². The number of hydrogen-bond donors (Lipinski definition) is 1. The van der Waals surface area contributed by atoms with Gasteiger partial charge < -0.3 is 10.5 Å². The molecule has 0 radical (unpaired) electrons. The molecule has 2 nitrogen and oxygen atoms in total. The number of ether oxygens (including phenoxy) is 1. The van der Waals surface area contributed by atoms with Crippen molar-refractivity contribution in [2.24, 2.45) is 17.1 Å². The second-order valence-corrected chi connectivity index (χ2v) is 5.90. The molecular weight excluding hydrogens is 186 g/mol. The molecule has 0 spiro atoms. The summed E-state index contributed by atoms with van der Waals surface area (Å²) in [6, 6.07) is 0. The highest BCUT2D eigenvalue weighted by molar-refractivity contribution is 4.91. The summed E-state index contributed by atoms with van der Waals surface area (Å²) in [5, 5.41) is 0. The molecule has 1 heterocycles. The van der Waals surface area contributed by atoms with Crippen molar-refractivity contribution in [3.8, 4) is 0 Å². The van der Waals surface area contributed by atoms with Crippen LogP contribution in [0.25, 0.3) is 0 Å². The molecule has 2 heteroatoms. The molecular formula is C13H25NO. The minimum atomic E-state index is 0.411. The van der Waals surface area contributed by atoms with Gasteiger partial charge in [-0.25, -0.2) is 0 Å². The first kappa shape index (κ1) is 11.4. The van der Waals surface area contributed by atoms with Gasteiger partial charge in [0.15, 0.2) is 0 Å². The molecule has 0 aromatic heterocycles. The van der Waals surface area contributed by atoms with Gasteiger partial charge >= 0.3 is 0 Å². The molecule has 2 aliphatic rings. The Morgan fingerprint density at radius 1 is 1.27 bits per heavy atom. The Morgan fingerprint density at radius 2 is 2.07 bits per heavy atom. The van der Waals surface area contributed by atoms with E-state index in [0.29, 0.717) is 17.6 Å². The van der Waals surface area contributed by atoms with Crippen molar-refractivity contribution in [1.82, 2.24) is 0 Å². The van der Waals surface area contributed by atoms with Crippen molar-refractivity contribution >= 4 is 0 Å². The van der Waals surface area contributed by atoms with Crippen LogP contribution in [0.15, 0.2) is 0 Å². The number of hydrogen-bond acceptors (Lipinski definition) is 2. The Kier molecular flexibility index (Phi) is 3.36. The van der Waals surface area contributed by atoms with Crippen molar-refractivity contribution in [3.05, 3.63) is 0 Å². The molecule has 1 saturated heterocycles. The lowest BCUT2D eigenvalue weighted by Gasteiger charge is -2.30. The van der Waals surface area contributed by atoms with Crippen molar-refractivity contribution in [2.45, 2.75) is 64.6 Å². The van der Waals surface area contributed by atoms with Crippen molar-refractivity contribution < 1.29 is 4.74 Å². The van der Waals surface area contributed by atoms with E-state index in [0.717, 1.165) is 12.5 Å². The van der Waals surface area contributed by atoms with E-state index in [4.69, 9.17) is 10.5 Å². The minimum absolute atomic E-state index is 0.411. The first-order chi connectivity index (χ1) is 7.13. The fourth-order valence-electron chi connectivity index (χ4n) is 3.47. The van der Waals surface area contributed by atoms with Crippen LogP contribution >= 0.6 is 0 Å². The molecule has 0 bridgehead atoms. The van der Waals surface area contributed by atoms with Crippen LogP contribution in [-0.2, 0) is 4.74 Å². The van der Waals surface area contributed by atoms with Crippen molar-refractivity contribution in [1.29, 1.82) is 0 Å². The average molecular weight is 211 g/mol. The molecule has 4 atom stereocenters. The highest BCUT2D eigenvalue weighted by atomic mass is 16.5. The smallest absolute Gasteiger partial charge is 0.0585 e. The topological polar surface area (TPSA) is 35.2 Å². The maximum atomic E-state index is 5.99. The van der Waals surface area contributed by atoms with Crippen LogP contribution in [0.4, 0.5) is 0 Å². The van der Waals surface area contributed by atoms with E-state index in [9.17, 15) is 0 Å². The quantitative estimate of drug-likeness (QED) is 0.779. The zero-order valence-electron chi connectivity index (χ0n) is 10.2. The van der Waals surface area contributed by atoms with Crippen LogP contribution < -0.4 is 5.73 Å². The monoisotopic (exact) mass is 211 g/mol.